The van der Waals surface area contributed by atoms with E-state index in [1.165, 1.54) is 17.4 Å². The molecule has 1 unspecified atom stereocenters. The lowest BCUT2D eigenvalue weighted by atomic mass is 9.66. The fourth-order valence-corrected chi connectivity index (χ4v) is 4.20. The number of carbonyl (C=O) groups is 2. The molecule has 1 aliphatic rings. The maximum atomic E-state index is 14.2. The van der Waals surface area contributed by atoms with Gasteiger partial charge in [0, 0.05) is 11.3 Å². The average Bonchev–Trinajstić information content (AvgIpc) is 3.06. The third-order valence-electron chi connectivity index (χ3n) is 5.62. The van der Waals surface area contributed by atoms with Gasteiger partial charge in [-0.2, -0.15) is 0 Å². The van der Waals surface area contributed by atoms with Crippen molar-refractivity contribution >= 4 is 33.8 Å². The number of carbonyl (C=O) groups excluding carboxylic acids is 2. The summed E-state index contributed by atoms with van der Waals surface area (Å²) in [6.07, 6.45) is 0.433. The van der Waals surface area contributed by atoms with Crippen molar-refractivity contribution in [3.8, 4) is 0 Å². The third kappa shape index (κ3) is 3.48. The van der Waals surface area contributed by atoms with Gasteiger partial charge in [-0.3, -0.25) is 9.59 Å². The molecule has 1 aliphatic heterocycles. The first-order valence-corrected chi connectivity index (χ1v) is 9.75. The van der Waals surface area contributed by atoms with Crippen LogP contribution in [0.25, 0.3) is 0 Å². The average molecular weight is 392 g/mol. The summed E-state index contributed by atoms with van der Waals surface area (Å²) in [5.74, 6) is -3.30. The lowest BCUT2D eigenvalue weighted by Gasteiger charge is -2.38. The SMILES string of the molecule is CC(C)C(C)(C(=O)Nc1cccs1)[C@H]1CCc2c(ccc(F)c2F)NC1=O. The van der Waals surface area contributed by atoms with Crippen molar-refractivity contribution in [2.45, 2.75) is 33.6 Å². The van der Waals surface area contributed by atoms with Crippen molar-refractivity contribution < 1.29 is 18.4 Å². The third-order valence-corrected chi connectivity index (χ3v) is 6.41. The highest BCUT2D eigenvalue weighted by atomic mass is 32.1. The quantitative estimate of drug-likeness (QED) is 0.783. The number of anilines is 2. The molecule has 144 valence electrons. The Kier molecular flexibility index (Phi) is 5.33. The van der Waals surface area contributed by atoms with Gasteiger partial charge in [-0.15, -0.1) is 11.3 Å². The van der Waals surface area contributed by atoms with E-state index in [-0.39, 0.29) is 41.8 Å². The minimum atomic E-state index is -1.01. The summed E-state index contributed by atoms with van der Waals surface area (Å²) in [4.78, 5) is 26.0. The van der Waals surface area contributed by atoms with E-state index in [2.05, 4.69) is 10.6 Å². The molecular formula is C20H22F2N2O2S. The summed E-state index contributed by atoms with van der Waals surface area (Å²) in [5.41, 5.74) is -0.590. The van der Waals surface area contributed by atoms with Gasteiger partial charge in [0.25, 0.3) is 0 Å². The van der Waals surface area contributed by atoms with Crippen LogP contribution in [-0.4, -0.2) is 11.8 Å². The normalized spacial score (nSPS) is 19.0. The number of amides is 2. The van der Waals surface area contributed by atoms with Gasteiger partial charge < -0.3 is 10.6 Å². The minimum Gasteiger partial charge on any atom is -0.325 e. The molecule has 1 aromatic heterocycles. The molecule has 0 aliphatic carbocycles. The summed E-state index contributed by atoms with van der Waals surface area (Å²) >= 11 is 1.40. The smallest absolute Gasteiger partial charge is 0.231 e. The van der Waals surface area contributed by atoms with Gasteiger partial charge in [0.2, 0.25) is 11.8 Å². The van der Waals surface area contributed by atoms with Crippen LogP contribution in [0, 0.1) is 28.9 Å². The Morgan fingerprint density at radius 2 is 2.07 bits per heavy atom. The zero-order valence-electron chi connectivity index (χ0n) is 15.4. The molecule has 7 heteroatoms. The fourth-order valence-electron chi connectivity index (χ4n) is 3.58. The van der Waals surface area contributed by atoms with E-state index in [1.54, 1.807) is 13.0 Å². The summed E-state index contributed by atoms with van der Waals surface area (Å²) in [6, 6.07) is 6.00. The number of hydrogen-bond donors (Lipinski definition) is 2. The topological polar surface area (TPSA) is 58.2 Å². The van der Waals surface area contributed by atoms with Crippen molar-refractivity contribution in [1.82, 2.24) is 0 Å². The van der Waals surface area contributed by atoms with Crippen molar-refractivity contribution in [3.05, 3.63) is 46.8 Å². The molecule has 0 fully saturated rings. The summed E-state index contributed by atoms with van der Waals surface area (Å²) in [5, 5.41) is 8.14. The molecular weight excluding hydrogens is 370 g/mol. The number of thiophene rings is 1. The maximum absolute atomic E-state index is 14.2. The summed E-state index contributed by atoms with van der Waals surface area (Å²) < 4.78 is 27.8. The van der Waals surface area contributed by atoms with E-state index in [9.17, 15) is 18.4 Å². The van der Waals surface area contributed by atoms with Gasteiger partial charge in [-0.25, -0.2) is 8.78 Å². The standard InChI is InChI=1S/C20H22F2N2O2S/c1-11(2)20(3,19(26)24-16-5-4-10-27-16)13-7-6-12-15(23-18(13)25)9-8-14(21)17(12)22/h4-5,8-11,13H,6-7H2,1-3H3,(H,23,25)(H,24,26)/t13-,20?/m0/s1. The monoisotopic (exact) mass is 392 g/mol. The molecule has 3 rings (SSSR count). The Bertz CT molecular complexity index is 867. The van der Waals surface area contributed by atoms with E-state index in [1.807, 2.05) is 25.3 Å². The zero-order valence-corrected chi connectivity index (χ0v) is 16.3. The van der Waals surface area contributed by atoms with E-state index in [0.717, 1.165) is 6.07 Å². The molecule has 2 N–H and O–H groups in total. The fraction of sp³-hybridized carbons (Fsp3) is 0.400. The molecule has 2 heterocycles. The number of benzene rings is 1. The molecule has 0 radical (unpaired) electrons. The zero-order chi connectivity index (χ0) is 19.8. The van der Waals surface area contributed by atoms with Crippen LogP contribution in [0.1, 0.15) is 32.8 Å². The molecule has 0 saturated heterocycles. The van der Waals surface area contributed by atoms with E-state index < -0.39 is 23.0 Å². The maximum Gasteiger partial charge on any atom is 0.231 e. The molecule has 2 atom stereocenters. The Labute approximate surface area is 161 Å². The first-order chi connectivity index (χ1) is 12.7. The van der Waals surface area contributed by atoms with Crippen LogP contribution in [0.4, 0.5) is 19.5 Å². The van der Waals surface area contributed by atoms with Crippen LogP contribution in [-0.2, 0) is 16.0 Å². The van der Waals surface area contributed by atoms with Gasteiger partial charge in [-0.1, -0.05) is 13.8 Å². The highest BCUT2D eigenvalue weighted by molar-refractivity contribution is 7.14. The number of hydrogen-bond acceptors (Lipinski definition) is 3. The lowest BCUT2D eigenvalue weighted by Crippen LogP contribution is -2.48. The van der Waals surface area contributed by atoms with Crippen LogP contribution in [0.2, 0.25) is 0 Å². The summed E-state index contributed by atoms with van der Waals surface area (Å²) in [6.45, 7) is 5.54. The predicted molar refractivity (Wildman–Crippen MR) is 103 cm³/mol. The molecule has 4 nitrogen and oxygen atoms in total. The van der Waals surface area contributed by atoms with Gasteiger partial charge in [-0.05, 0) is 55.3 Å². The molecule has 27 heavy (non-hydrogen) atoms. The Balaban J connectivity index is 1.93. The highest BCUT2D eigenvalue weighted by Crippen LogP contribution is 2.42. The van der Waals surface area contributed by atoms with Crippen LogP contribution >= 0.6 is 11.3 Å². The molecule has 1 aromatic carbocycles. The molecule has 0 saturated carbocycles. The van der Waals surface area contributed by atoms with Gasteiger partial charge in [0.05, 0.1) is 16.3 Å². The van der Waals surface area contributed by atoms with Crippen LogP contribution in [0.5, 0.6) is 0 Å². The van der Waals surface area contributed by atoms with Gasteiger partial charge in [0.1, 0.15) is 0 Å². The van der Waals surface area contributed by atoms with Crippen LogP contribution in [0.3, 0.4) is 0 Å². The number of nitrogens with one attached hydrogen (secondary N) is 2. The minimum absolute atomic E-state index is 0.143. The first-order valence-electron chi connectivity index (χ1n) is 8.87. The largest absolute Gasteiger partial charge is 0.325 e. The van der Waals surface area contributed by atoms with Gasteiger partial charge in [0.15, 0.2) is 11.6 Å². The van der Waals surface area contributed by atoms with Crippen molar-refractivity contribution in [2.75, 3.05) is 10.6 Å². The van der Waals surface area contributed by atoms with E-state index >= 15 is 0 Å². The Hall–Kier alpha value is -2.28. The van der Waals surface area contributed by atoms with Crippen molar-refractivity contribution in [3.63, 3.8) is 0 Å². The number of rotatable bonds is 4. The molecule has 0 spiro atoms. The number of fused-ring (bicyclic) bond motifs is 1. The second kappa shape index (κ2) is 7.38. The van der Waals surface area contributed by atoms with Crippen LogP contribution < -0.4 is 10.6 Å². The second-order valence-corrected chi connectivity index (χ2v) is 8.28. The van der Waals surface area contributed by atoms with E-state index in [0.29, 0.717) is 5.00 Å². The van der Waals surface area contributed by atoms with Gasteiger partial charge >= 0.3 is 0 Å². The Morgan fingerprint density at radius 1 is 1.33 bits per heavy atom. The van der Waals surface area contributed by atoms with Crippen LogP contribution in [0.15, 0.2) is 29.6 Å². The first kappa shape index (κ1) is 19.5. The molecule has 2 aromatic rings. The van der Waals surface area contributed by atoms with Crippen molar-refractivity contribution in [2.24, 2.45) is 17.3 Å². The van der Waals surface area contributed by atoms with Crippen molar-refractivity contribution in [1.29, 1.82) is 0 Å². The predicted octanol–water partition coefficient (Wildman–Crippen LogP) is 4.83. The summed E-state index contributed by atoms with van der Waals surface area (Å²) in [7, 11) is 0. The van der Waals surface area contributed by atoms with E-state index in [4.69, 9.17) is 0 Å². The Morgan fingerprint density at radius 3 is 2.70 bits per heavy atom. The second-order valence-electron chi connectivity index (χ2n) is 7.34. The lowest BCUT2D eigenvalue weighted by molar-refractivity contribution is -0.138. The molecule has 2 amide bonds. The molecule has 0 bridgehead atoms. The highest BCUT2D eigenvalue weighted by Gasteiger charge is 2.48. The number of halogens is 2.